The minimum atomic E-state index is -0.933. The van der Waals surface area contributed by atoms with Crippen LogP contribution in [0.3, 0.4) is 0 Å². The number of carbonyl (C=O) groups excluding carboxylic acids is 1. The van der Waals surface area contributed by atoms with Crippen molar-refractivity contribution in [3.8, 4) is 0 Å². The van der Waals surface area contributed by atoms with E-state index in [2.05, 4.69) is 6.58 Å². The van der Waals surface area contributed by atoms with E-state index in [-0.39, 0.29) is 5.78 Å². The fraction of sp³-hybridized carbons (Fsp3) is 0.444. The normalized spacial score (nSPS) is 28.9. The van der Waals surface area contributed by atoms with Gasteiger partial charge in [-0.2, -0.15) is 0 Å². The lowest BCUT2D eigenvalue weighted by Crippen LogP contribution is -2.31. The van der Waals surface area contributed by atoms with E-state index >= 15 is 0 Å². The zero-order valence-electron chi connectivity index (χ0n) is 6.77. The first-order chi connectivity index (χ1) is 5.74. The second-order valence-corrected chi connectivity index (χ2v) is 2.64. The largest absolute Gasteiger partial charge is 0.365 e. The molecule has 1 aliphatic heterocycles. The highest BCUT2D eigenvalue weighted by Gasteiger charge is 2.22. The smallest absolute Gasteiger partial charge is 0.184 e. The van der Waals surface area contributed by atoms with Crippen LogP contribution in [0.2, 0.25) is 0 Å². The summed E-state index contributed by atoms with van der Waals surface area (Å²) in [5.41, 5.74) is 0. The van der Waals surface area contributed by atoms with Crippen LogP contribution in [0.5, 0.6) is 0 Å². The molecule has 3 nitrogen and oxygen atoms in total. The van der Waals surface area contributed by atoms with E-state index in [4.69, 9.17) is 9.84 Å². The second-order valence-electron chi connectivity index (χ2n) is 2.64. The molecule has 0 fully saturated rings. The summed E-state index contributed by atoms with van der Waals surface area (Å²) in [5.74, 6) is -0.0813. The van der Waals surface area contributed by atoms with Crippen LogP contribution in [0.1, 0.15) is 12.8 Å². The number of allylic oxidation sites excluding steroid dienone is 1. The Morgan fingerprint density at radius 1 is 1.75 bits per heavy atom. The molecule has 0 aromatic rings. The van der Waals surface area contributed by atoms with Gasteiger partial charge in [-0.25, -0.2) is 0 Å². The lowest BCUT2D eigenvalue weighted by atomic mass is 10.1. The highest BCUT2D eigenvalue weighted by atomic mass is 16.6. The Kier molecular flexibility index (Phi) is 3.19. The van der Waals surface area contributed by atoms with Crippen molar-refractivity contribution >= 4 is 5.78 Å². The molecule has 2 atom stereocenters. The van der Waals surface area contributed by atoms with Crippen LogP contribution < -0.4 is 0 Å². The van der Waals surface area contributed by atoms with Crippen LogP contribution in [-0.4, -0.2) is 23.3 Å². The molecule has 3 heteroatoms. The monoisotopic (exact) mass is 168 g/mol. The first-order valence-electron chi connectivity index (χ1n) is 3.90. The van der Waals surface area contributed by atoms with E-state index in [1.165, 1.54) is 12.2 Å². The van der Waals surface area contributed by atoms with Crippen molar-refractivity contribution in [2.75, 3.05) is 0 Å². The molecule has 1 aliphatic rings. The van der Waals surface area contributed by atoms with Crippen LogP contribution in [0, 0.1) is 0 Å². The van der Waals surface area contributed by atoms with Crippen molar-refractivity contribution in [3.63, 3.8) is 0 Å². The van der Waals surface area contributed by atoms with Gasteiger partial charge in [-0.15, -0.1) is 6.58 Å². The average molecular weight is 168 g/mol. The first kappa shape index (κ1) is 9.16. The predicted octanol–water partition coefficient (Wildman–Crippen LogP) is 0.795. The van der Waals surface area contributed by atoms with Gasteiger partial charge in [-0.1, -0.05) is 6.08 Å². The van der Waals surface area contributed by atoms with E-state index in [9.17, 15) is 4.79 Å². The molecule has 0 saturated carbocycles. The van der Waals surface area contributed by atoms with Gasteiger partial charge in [0.05, 0.1) is 0 Å². The fourth-order valence-electron chi connectivity index (χ4n) is 1.04. The van der Waals surface area contributed by atoms with Crippen molar-refractivity contribution in [3.05, 3.63) is 24.8 Å². The molecule has 1 rings (SSSR count). The summed E-state index contributed by atoms with van der Waals surface area (Å²) in [4.78, 5) is 11.1. The van der Waals surface area contributed by atoms with E-state index in [1.54, 1.807) is 6.08 Å². The number of carbonyl (C=O) groups is 1. The molecular weight excluding hydrogens is 156 g/mol. The molecule has 0 aromatic carbocycles. The maximum Gasteiger partial charge on any atom is 0.184 e. The lowest BCUT2D eigenvalue weighted by Gasteiger charge is -2.20. The number of hydrogen-bond acceptors (Lipinski definition) is 3. The maximum atomic E-state index is 11.1. The maximum absolute atomic E-state index is 11.1. The molecule has 66 valence electrons. The minimum absolute atomic E-state index is 0.0813. The van der Waals surface area contributed by atoms with Gasteiger partial charge < -0.3 is 9.84 Å². The standard InChI is InChI=1S/C9H12O3/c1-2-3-4-8-7(10)5-6-9(11)12-8/h2,5-6,8-9,11H,1,3-4H2/t8-,9?/m0/s1. The van der Waals surface area contributed by atoms with Crippen LogP contribution in [0.25, 0.3) is 0 Å². The van der Waals surface area contributed by atoms with Crippen molar-refractivity contribution < 1.29 is 14.6 Å². The summed E-state index contributed by atoms with van der Waals surface area (Å²) in [6, 6.07) is 0. The molecule has 12 heavy (non-hydrogen) atoms. The Morgan fingerprint density at radius 3 is 3.17 bits per heavy atom. The van der Waals surface area contributed by atoms with Crippen molar-refractivity contribution in [2.45, 2.75) is 25.2 Å². The van der Waals surface area contributed by atoms with Crippen LogP contribution >= 0.6 is 0 Å². The number of rotatable bonds is 3. The molecule has 1 unspecified atom stereocenters. The molecule has 0 aromatic heterocycles. The van der Waals surface area contributed by atoms with Gasteiger partial charge in [0.1, 0.15) is 6.10 Å². The number of ether oxygens (including phenoxy) is 1. The molecule has 1 heterocycles. The summed E-state index contributed by atoms with van der Waals surface area (Å²) < 4.78 is 4.97. The van der Waals surface area contributed by atoms with E-state index < -0.39 is 12.4 Å². The summed E-state index contributed by atoms with van der Waals surface area (Å²) in [7, 11) is 0. The molecule has 0 aliphatic carbocycles. The number of hydrogen-bond donors (Lipinski definition) is 1. The Morgan fingerprint density at radius 2 is 2.50 bits per heavy atom. The van der Waals surface area contributed by atoms with Gasteiger partial charge in [0.15, 0.2) is 12.1 Å². The molecule has 0 radical (unpaired) electrons. The topological polar surface area (TPSA) is 46.5 Å². The zero-order valence-corrected chi connectivity index (χ0v) is 6.77. The minimum Gasteiger partial charge on any atom is -0.365 e. The molecule has 0 saturated heterocycles. The van der Waals surface area contributed by atoms with E-state index in [0.717, 1.165) is 6.42 Å². The molecule has 0 bridgehead atoms. The number of ketones is 1. The predicted molar refractivity (Wildman–Crippen MR) is 44.5 cm³/mol. The molecule has 1 N–H and O–H groups in total. The Balaban J connectivity index is 2.48. The van der Waals surface area contributed by atoms with Gasteiger partial charge >= 0.3 is 0 Å². The van der Waals surface area contributed by atoms with Gasteiger partial charge in [-0.3, -0.25) is 4.79 Å². The summed E-state index contributed by atoms with van der Waals surface area (Å²) >= 11 is 0. The third-order valence-electron chi connectivity index (χ3n) is 1.68. The molecule has 0 spiro atoms. The third-order valence-corrected chi connectivity index (χ3v) is 1.68. The molecular formula is C9H12O3. The third kappa shape index (κ3) is 2.29. The van der Waals surface area contributed by atoms with Gasteiger partial charge in [0.2, 0.25) is 0 Å². The van der Waals surface area contributed by atoms with Crippen molar-refractivity contribution in [1.82, 2.24) is 0 Å². The highest BCUT2D eigenvalue weighted by Crippen LogP contribution is 2.12. The molecule has 0 amide bonds. The summed E-state index contributed by atoms with van der Waals surface area (Å²) in [6.45, 7) is 3.54. The highest BCUT2D eigenvalue weighted by molar-refractivity contribution is 5.94. The summed E-state index contributed by atoms with van der Waals surface area (Å²) in [6.07, 6.45) is 4.30. The van der Waals surface area contributed by atoms with Crippen LogP contribution in [0.4, 0.5) is 0 Å². The van der Waals surface area contributed by atoms with Crippen LogP contribution in [0.15, 0.2) is 24.8 Å². The lowest BCUT2D eigenvalue weighted by molar-refractivity contribution is -0.148. The van der Waals surface area contributed by atoms with Gasteiger partial charge in [0, 0.05) is 0 Å². The fourth-order valence-corrected chi connectivity index (χ4v) is 1.04. The SMILES string of the molecule is C=CCC[C@@H]1OC(O)C=CC1=O. The van der Waals surface area contributed by atoms with Crippen molar-refractivity contribution in [1.29, 1.82) is 0 Å². The Hall–Kier alpha value is -0.930. The van der Waals surface area contributed by atoms with E-state index in [1.807, 2.05) is 0 Å². The quantitative estimate of drug-likeness (QED) is 0.634. The van der Waals surface area contributed by atoms with Gasteiger partial charge in [0.25, 0.3) is 0 Å². The van der Waals surface area contributed by atoms with Gasteiger partial charge in [-0.05, 0) is 25.0 Å². The Labute approximate surface area is 71.3 Å². The summed E-state index contributed by atoms with van der Waals surface area (Å²) in [5, 5.41) is 9.01. The van der Waals surface area contributed by atoms with E-state index in [0.29, 0.717) is 6.42 Å². The van der Waals surface area contributed by atoms with Crippen molar-refractivity contribution in [2.24, 2.45) is 0 Å². The number of aliphatic hydroxyl groups is 1. The number of aliphatic hydroxyl groups excluding tert-OH is 1. The van der Waals surface area contributed by atoms with Crippen LogP contribution in [-0.2, 0) is 9.53 Å². The zero-order chi connectivity index (χ0) is 8.97. The Bertz CT molecular complexity index is 208. The first-order valence-corrected chi connectivity index (χ1v) is 3.90. The second kappa shape index (κ2) is 4.18. The average Bonchev–Trinajstić information content (AvgIpc) is 2.07.